The van der Waals surface area contributed by atoms with E-state index in [0.29, 0.717) is 10.8 Å². The van der Waals surface area contributed by atoms with Gasteiger partial charge in [0.1, 0.15) is 0 Å². The summed E-state index contributed by atoms with van der Waals surface area (Å²) >= 11 is 1.56. The maximum Gasteiger partial charge on any atom is 0.214 e. The van der Waals surface area contributed by atoms with E-state index >= 15 is 0 Å². The molecule has 0 saturated carbocycles. The fraction of sp³-hybridized carbons (Fsp3) is 0.143. The fourth-order valence-corrected chi connectivity index (χ4v) is 2.65. The Morgan fingerprint density at radius 2 is 2.00 bits per heavy atom. The summed E-state index contributed by atoms with van der Waals surface area (Å²) in [5, 5.41) is 14.8. The van der Waals surface area contributed by atoms with Gasteiger partial charge >= 0.3 is 0 Å². The van der Waals surface area contributed by atoms with Crippen LogP contribution in [0.25, 0.3) is 5.65 Å². The lowest BCUT2D eigenvalue weighted by molar-refractivity contribution is 0.435. The number of aromatic hydroxyl groups is 1. The van der Waals surface area contributed by atoms with E-state index in [1.165, 1.54) is 10.1 Å². The van der Waals surface area contributed by atoms with Crippen LogP contribution in [0.2, 0.25) is 0 Å². The summed E-state index contributed by atoms with van der Waals surface area (Å²) in [5.74, 6) is 0.936. The van der Waals surface area contributed by atoms with E-state index < -0.39 is 0 Å². The summed E-state index contributed by atoms with van der Waals surface area (Å²) in [5.41, 5.74) is 2.87. The zero-order chi connectivity index (χ0) is 13.2. The molecule has 19 heavy (non-hydrogen) atoms. The lowest BCUT2D eigenvalue weighted by Gasteiger charge is -1.97. The smallest absolute Gasteiger partial charge is 0.214 e. The second-order valence-electron chi connectivity index (χ2n) is 4.33. The molecule has 0 aliphatic carbocycles. The van der Waals surface area contributed by atoms with Crippen molar-refractivity contribution in [1.82, 2.24) is 14.6 Å². The Labute approximate surface area is 115 Å². The van der Waals surface area contributed by atoms with Crippen molar-refractivity contribution < 1.29 is 5.11 Å². The predicted octanol–water partition coefficient (Wildman–Crippen LogP) is 3.04. The molecule has 2 aromatic heterocycles. The van der Waals surface area contributed by atoms with Crippen LogP contribution in [-0.2, 0) is 5.75 Å². The number of benzene rings is 1. The molecule has 4 nitrogen and oxygen atoms in total. The number of aromatic nitrogens is 3. The van der Waals surface area contributed by atoms with Crippen molar-refractivity contribution in [3.05, 3.63) is 53.6 Å². The van der Waals surface area contributed by atoms with E-state index in [4.69, 9.17) is 0 Å². The van der Waals surface area contributed by atoms with Gasteiger partial charge in [0, 0.05) is 11.8 Å². The van der Waals surface area contributed by atoms with Crippen LogP contribution in [0.1, 0.15) is 11.1 Å². The summed E-state index contributed by atoms with van der Waals surface area (Å²) < 4.78 is 1.46. The van der Waals surface area contributed by atoms with Gasteiger partial charge in [-0.05, 0) is 24.1 Å². The van der Waals surface area contributed by atoms with E-state index in [1.807, 2.05) is 31.2 Å². The number of hydrogen-bond donors (Lipinski definition) is 1. The largest absolute Gasteiger partial charge is 0.493 e. The Morgan fingerprint density at radius 3 is 2.79 bits per heavy atom. The highest BCUT2D eigenvalue weighted by atomic mass is 32.2. The summed E-state index contributed by atoms with van der Waals surface area (Å²) in [6.07, 6.45) is 0. The quantitative estimate of drug-likeness (QED) is 0.744. The van der Waals surface area contributed by atoms with Crippen molar-refractivity contribution in [2.45, 2.75) is 17.8 Å². The monoisotopic (exact) mass is 271 g/mol. The Balaban J connectivity index is 1.84. The van der Waals surface area contributed by atoms with Gasteiger partial charge in [-0.25, -0.2) is 4.98 Å². The fourth-order valence-electron chi connectivity index (χ4n) is 1.86. The highest BCUT2D eigenvalue weighted by Crippen LogP contribution is 2.22. The van der Waals surface area contributed by atoms with Crippen molar-refractivity contribution in [2.75, 3.05) is 0 Å². The molecule has 0 unspecified atom stereocenters. The zero-order valence-electron chi connectivity index (χ0n) is 10.4. The molecule has 0 atom stereocenters. The molecular weight excluding hydrogens is 258 g/mol. The molecule has 3 aromatic rings. The Morgan fingerprint density at radius 1 is 1.21 bits per heavy atom. The molecule has 96 valence electrons. The third kappa shape index (κ3) is 2.56. The first-order chi connectivity index (χ1) is 9.22. The first-order valence-electron chi connectivity index (χ1n) is 5.95. The number of rotatable bonds is 3. The standard InChI is InChI=1S/C14H13N3OS/c1-10-7-12-15-14(16-17(12)13(18)8-10)19-9-11-5-3-2-4-6-11/h2-8,18H,9H2,1H3. The first kappa shape index (κ1) is 12.0. The Kier molecular flexibility index (Phi) is 3.13. The molecule has 0 spiro atoms. The van der Waals surface area contributed by atoms with Crippen LogP contribution >= 0.6 is 11.8 Å². The molecule has 5 heteroatoms. The van der Waals surface area contributed by atoms with Gasteiger partial charge in [0.2, 0.25) is 11.0 Å². The van der Waals surface area contributed by atoms with Crippen molar-refractivity contribution in [3.63, 3.8) is 0 Å². The van der Waals surface area contributed by atoms with Crippen LogP contribution in [0, 0.1) is 6.92 Å². The maximum absolute atomic E-state index is 9.80. The highest BCUT2D eigenvalue weighted by molar-refractivity contribution is 7.98. The van der Waals surface area contributed by atoms with Crippen LogP contribution in [0.3, 0.4) is 0 Å². The molecule has 3 rings (SSSR count). The number of hydrogen-bond acceptors (Lipinski definition) is 4. The normalized spacial score (nSPS) is 11.0. The Bertz CT molecular complexity index is 709. The minimum atomic E-state index is 0.120. The summed E-state index contributed by atoms with van der Waals surface area (Å²) in [7, 11) is 0. The van der Waals surface area contributed by atoms with Crippen LogP contribution in [-0.4, -0.2) is 19.7 Å². The molecular formula is C14H13N3OS. The molecule has 0 amide bonds. The zero-order valence-corrected chi connectivity index (χ0v) is 11.3. The summed E-state index contributed by atoms with van der Waals surface area (Å²) in [6, 6.07) is 13.8. The van der Waals surface area contributed by atoms with Crippen LogP contribution in [0.5, 0.6) is 5.88 Å². The summed E-state index contributed by atoms with van der Waals surface area (Å²) in [4.78, 5) is 4.40. The molecule has 0 saturated heterocycles. The van der Waals surface area contributed by atoms with Gasteiger partial charge in [0.15, 0.2) is 5.65 Å². The lowest BCUT2D eigenvalue weighted by atomic mass is 10.2. The van der Waals surface area contributed by atoms with Gasteiger partial charge in [-0.15, -0.1) is 5.10 Å². The van der Waals surface area contributed by atoms with Gasteiger partial charge in [-0.1, -0.05) is 42.1 Å². The number of thioether (sulfide) groups is 1. The van der Waals surface area contributed by atoms with Crippen molar-refractivity contribution in [1.29, 1.82) is 0 Å². The topological polar surface area (TPSA) is 50.4 Å². The number of aryl methyl sites for hydroxylation is 1. The molecule has 0 aliphatic heterocycles. The minimum Gasteiger partial charge on any atom is -0.493 e. The van der Waals surface area contributed by atoms with Gasteiger partial charge in [0.25, 0.3) is 0 Å². The van der Waals surface area contributed by atoms with Crippen LogP contribution < -0.4 is 0 Å². The van der Waals surface area contributed by atoms with Gasteiger partial charge in [-0.2, -0.15) is 4.52 Å². The average molecular weight is 271 g/mol. The van der Waals surface area contributed by atoms with Gasteiger partial charge in [0.05, 0.1) is 0 Å². The highest BCUT2D eigenvalue weighted by Gasteiger charge is 2.08. The molecule has 1 N–H and O–H groups in total. The van der Waals surface area contributed by atoms with E-state index in [9.17, 15) is 5.11 Å². The predicted molar refractivity (Wildman–Crippen MR) is 75.4 cm³/mol. The molecule has 2 heterocycles. The van der Waals surface area contributed by atoms with Crippen molar-refractivity contribution in [3.8, 4) is 5.88 Å². The number of pyridine rings is 1. The second kappa shape index (κ2) is 4.93. The third-order valence-electron chi connectivity index (χ3n) is 2.75. The molecule has 0 fully saturated rings. The lowest BCUT2D eigenvalue weighted by Crippen LogP contribution is -1.89. The molecule has 0 radical (unpaired) electrons. The molecule has 0 aliphatic rings. The Hall–Kier alpha value is -2.01. The van der Waals surface area contributed by atoms with Gasteiger partial charge in [-0.3, -0.25) is 0 Å². The van der Waals surface area contributed by atoms with Crippen molar-refractivity contribution in [2.24, 2.45) is 0 Å². The number of fused-ring (bicyclic) bond motifs is 1. The third-order valence-corrected chi connectivity index (χ3v) is 3.66. The van der Waals surface area contributed by atoms with E-state index in [2.05, 4.69) is 22.2 Å². The molecule has 1 aromatic carbocycles. The van der Waals surface area contributed by atoms with E-state index in [1.54, 1.807) is 17.8 Å². The molecule has 0 bridgehead atoms. The number of nitrogens with zero attached hydrogens (tertiary/aromatic N) is 3. The van der Waals surface area contributed by atoms with Crippen molar-refractivity contribution >= 4 is 17.4 Å². The van der Waals surface area contributed by atoms with Gasteiger partial charge < -0.3 is 5.11 Å². The first-order valence-corrected chi connectivity index (χ1v) is 6.94. The SMILES string of the molecule is Cc1cc(O)n2nc(SCc3ccccc3)nc2c1. The second-order valence-corrected chi connectivity index (χ2v) is 5.27. The maximum atomic E-state index is 9.80. The van der Waals surface area contributed by atoms with E-state index in [-0.39, 0.29) is 5.88 Å². The average Bonchev–Trinajstić information content (AvgIpc) is 2.81. The van der Waals surface area contributed by atoms with Crippen LogP contribution in [0.15, 0.2) is 47.6 Å². The van der Waals surface area contributed by atoms with Crippen LogP contribution in [0.4, 0.5) is 0 Å². The minimum absolute atomic E-state index is 0.120. The van der Waals surface area contributed by atoms with E-state index in [0.717, 1.165) is 11.3 Å². The summed E-state index contributed by atoms with van der Waals surface area (Å²) in [6.45, 7) is 1.92.